The van der Waals surface area contributed by atoms with Crippen molar-refractivity contribution in [2.75, 3.05) is 26.7 Å². The van der Waals surface area contributed by atoms with Gasteiger partial charge in [-0.3, -0.25) is 0 Å². The van der Waals surface area contributed by atoms with E-state index in [4.69, 9.17) is 10.2 Å². The van der Waals surface area contributed by atoms with E-state index in [-0.39, 0.29) is 0 Å². The van der Waals surface area contributed by atoms with Gasteiger partial charge in [-0.05, 0) is 31.6 Å². The molecule has 0 aliphatic rings. The highest BCUT2D eigenvalue weighted by atomic mass is 28.4. The van der Waals surface area contributed by atoms with Gasteiger partial charge in [0.05, 0.1) is 0 Å². The van der Waals surface area contributed by atoms with Crippen LogP contribution < -0.4 is 11.1 Å². The van der Waals surface area contributed by atoms with Gasteiger partial charge in [0.2, 0.25) is 0 Å². The fourth-order valence-corrected chi connectivity index (χ4v) is 3.43. The highest BCUT2D eigenvalue weighted by Gasteiger charge is 2.23. The monoisotopic (exact) mass is 204 g/mol. The van der Waals surface area contributed by atoms with Crippen molar-refractivity contribution in [2.24, 2.45) is 11.7 Å². The highest BCUT2D eigenvalue weighted by Crippen LogP contribution is 2.16. The molecule has 80 valence electrons. The van der Waals surface area contributed by atoms with Crippen LogP contribution in [0.1, 0.15) is 6.92 Å². The van der Waals surface area contributed by atoms with Crippen molar-refractivity contribution in [2.45, 2.75) is 26.1 Å². The largest absolute Gasteiger partial charge is 0.420 e. The lowest BCUT2D eigenvalue weighted by Crippen LogP contribution is -2.35. The highest BCUT2D eigenvalue weighted by molar-refractivity contribution is 6.71. The second-order valence-corrected chi connectivity index (χ2v) is 8.60. The Kier molecular flexibility index (Phi) is 6.58. The van der Waals surface area contributed by atoms with Crippen molar-refractivity contribution in [3.8, 4) is 0 Å². The van der Waals surface area contributed by atoms with Crippen LogP contribution >= 0.6 is 0 Å². The molecule has 0 aromatic heterocycles. The van der Waals surface area contributed by atoms with Gasteiger partial charge < -0.3 is 15.5 Å². The van der Waals surface area contributed by atoms with Crippen molar-refractivity contribution in [3.05, 3.63) is 0 Å². The van der Waals surface area contributed by atoms with Gasteiger partial charge >= 0.3 is 0 Å². The zero-order chi connectivity index (χ0) is 10.3. The van der Waals surface area contributed by atoms with Crippen LogP contribution in [0, 0.1) is 5.92 Å². The molecule has 0 unspecified atom stereocenters. The number of rotatable bonds is 7. The molecule has 13 heavy (non-hydrogen) atoms. The summed E-state index contributed by atoms with van der Waals surface area (Å²) in [5.41, 5.74) is 5.39. The summed E-state index contributed by atoms with van der Waals surface area (Å²) in [5.74, 6) is 0.688. The SMILES string of the molecule is CO[Si](C)(C)C[C@H](C)CNCCN. The Morgan fingerprint density at radius 2 is 2.08 bits per heavy atom. The van der Waals surface area contributed by atoms with Crippen LogP contribution in [0.2, 0.25) is 19.1 Å². The van der Waals surface area contributed by atoms with Gasteiger partial charge in [-0.2, -0.15) is 0 Å². The van der Waals surface area contributed by atoms with E-state index in [0.717, 1.165) is 19.6 Å². The van der Waals surface area contributed by atoms with E-state index in [1.165, 1.54) is 6.04 Å². The standard InChI is InChI=1S/C9H24N2OSi/c1-9(7-11-6-5-10)8-13(3,4)12-2/h9,11H,5-8,10H2,1-4H3/t9-/m1/s1. The summed E-state index contributed by atoms with van der Waals surface area (Å²) in [7, 11) is 0.454. The van der Waals surface area contributed by atoms with E-state index in [9.17, 15) is 0 Å². The summed E-state index contributed by atoms with van der Waals surface area (Å²) in [5, 5.41) is 3.32. The summed E-state index contributed by atoms with van der Waals surface area (Å²) >= 11 is 0. The molecule has 3 nitrogen and oxygen atoms in total. The zero-order valence-electron chi connectivity index (χ0n) is 9.39. The first-order valence-electron chi connectivity index (χ1n) is 4.98. The molecule has 0 saturated carbocycles. The molecule has 0 rings (SSSR count). The fourth-order valence-electron chi connectivity index (χ4n) is 1.45. The van der Waals surface area contributed by atoms with E-state index >= 15 is 0 Å². The van der Waals surface area contributed by atoms with Crippen molar-refractivity contribution in [3.63, 3.8) is 0 Å². The molecule has 0 aromatic rings. The number of hydrogen-bond donors (Lipinski definition) is 2. The Morgan fingerprint density at radius 1 is 1.46 bits per heavy atom. The van der Waals surface area contributed by atoms with Crippen molar-refractivity contribution >= 4 is 8.32 Å². The Hall–Kier alpha value is 0.0969. The van der Waals surface area contributed by atoms with E-state index in [2.05, 4.69) is 25.3 Å². The average molecular weight is 204 g/mol. The predicted molar refractivity (Wildman–Crippen MR) is 60.4 cm³/mol. The lowest BCUT2D eigenvalue weighted by molar-refractivity contribution is 0.391. The fraction of sp³-hybridized carbons (Fsp3) is 1.00. The minimum Gasteiger partial charge on any atom is -0.420 e. The van der Waals surface area contributed by atoms with Gasteiger partial charge in [-0.1, -0.05) is 6.92 Å². The van der Waals surface area contributed by atoms with Gasteiger partial charge in [-0.15, -0.1) is 0 Å². The Labute approximate surface area is 83.2 Å². The Balaban J connectivity index is 3.55. The molecule has 3 N–H and O–H groups in total. The summed E-state index contributed by atoms with van der Waals surface area (Å²) in [6.45, 7) is 9.46. The van der Waals surface area contributed by atoms with Crippen LogP contribution in [0.25, 0.3) is 0 Å². The minimum absolute atomic E-state index is 0.688. The van der Waals surface area contributed by atoms with E-state index in [1.807, 2.05) is 7.11 Å². The molecule has 0 saturated heterocycles. The predicted octanol–water partition coefficient (Wildman–Crippen LogP) is 1.02. The molecule has 0 aliphatic carbocycles. The molecule has 0 fully saturated rings. The number of nitrogens with two attached hydrogens (primary N) is 1. The second kappa shape index (κ2) is 6.54. The lowest BCUT2D eigenvalue weighted by Gasteiger charge is -2.24. The van der Waals surface area contributed by atoms with Crippen LogP contribution in [0.15, 0.2) is 0 Å². The quantitative estimate of drug-likeness (QED) is 0.481. The first kappa shape index (κ1) is 13.1. The van der Waals surface area contributed by atoms with E-state index < -0.39 is 8.32 Å². The third-order valence-electron chi connectivity index (χ3n) is 2.21. The molecular weight excluding hydrogens is 180 g/mol. The maximum Gasteiger partial charge on any atom is 0.186 e. The molecule has 0 aliphatic heterocycles. The summed E-state index contributed by atoms with van der Waals surface area (Å²) in [6, 6.07) is 1.21. The molecule has 0 bridgehead atoms. The first-order chi connectivity index (χ1) is 6.02. The lowest BCUT2D eigenvalue weighted by atomic mass is 10.2. The van der Waals surface area contributed by atoms with Gasteiger partial charge in [0.15, 0.2) is 8.32 Å². The normalized spacial score (nSPS) is 14.5. The van der Waals surface area contributed by atoms with Gasteiger partial charge in [-0.25, -0.2) is 0 Å². The Bertz CT molecular complexity index is 131. The van der Waals surface area contributed by atoms with Gasteiger partial charge in [0.25, 0.3) is 0 Å². The number of hydrogen-bond acceptors (Lipinski definition) is 3. The maximum atomic E-state index is 5.50. The molecule has 0 amide bonds. The average Bonchev–Trinajstić information content (AvgIpc) is 2.04. The van der Waals surface area contributed by atoms with Crippen molar-refractivity contribution < 1.29 is 4.43 Å². The summed E-state index contributed by atoms with van der Waals surface area (Å²) in [4.78, 5) is 0. The second-order valence-electron chi connectivity index (χ2n) is 4.27. The third-order valence-corrected chi connectivity index (χ3v) is 4.99. The molecule has 4 heteroatoms. The topological polar surface area (TPSA) is 47.3 Å². The van der Waals surface area contributed by atoms with E-state index in [1.54, 1.807) is 0 Å². The number of nitrogens with one attached hydrogen (secondary N) is 1. The smallest absolute Gasteiger partial charge is 0.186 e. The molecule has 0 spiro atoms. The van der Waals surface area contributed by atoms with Crippen molar-refractivity contribution in [1.29, 1.82) is 0 Å². The Morgan fingerprint density at radius 3 is 2.54 bits per heavy atom. The summed E-state index contributed by atoms with van der Waals surface area (Å²) in [6.07, 6.45) is 0. The molecule has 0 aromatic carbocycles. The summed E-state index contributed by atoms with van der Waals surface area (Å²) < 4.78 is 5.50. The van der Waals surface area contributed by atoms with Crippen LogP contribution in [0.5, 0.6) is 0 Å². The van der Waals surface area contributed by atoms with Gasteiger partial charge in [0.1, 0.15) is 0 Å². The van der Waals surface area contributed by atoms with Crippen LogP contribution in [-0.2, 0) is 4.43 Å². The molecule has 0 radical (unpaired) electrons. The van der Waals surface area contributed by atoms with Crippen molar-refractivity contribution in [1.82, 2.24) is 5.32 Å². The van der Waals surface area contributed by atoms with Gasteiger partial charge in [0, 0.05) is 20.2 Å². The molecule has 1 atom stereocenters. The zero-order valence-corrected chi connectivity index (χ0v) is 10.4. The molecular formula is C9H24N2OSi. The van der Waals surface area contributed by atoms with Crippen LogP contribution in [-0.4, -0.2) is 35.1 Å². The minimum atomic E-state index is -1.37. The first-order valence-corrected chi connectivity index (χ1v) is 8.09. The third kappa shape index (κ3) is 7.19. The van der Waals surface area contributed by atoms with Crippen LogP contribution in [0.3, 0.4) is 0 Å². The van der Waals surface area contributed by atoms with E-state index in [0.29, 0.717) is 5.92 Å². The molecule has 0 heterocycles. The maximum absolute atomic E-state index is 5.50. The van der Waals surface area contributed by atoms with Crippen LogP contribution in [0.4, 0.5) is 0 Å².